The van der Waals surface area contributed by atoms with E-state index in [0.717, 1.165) is 11.3 Å². The number of rotatable bonds is 4. The maximum absolute atomic E-state index is 12.2. The molecule has 0 saturated carbocycles. The molecule has 3 amide bonds. The van der Waals surface area contributed by atoms with Gasteiger partial charge in [0.25, 0.3) is 0 Å². The van der Waals surface area contributed by atoms with Gasteiger partial charge in [0.15, 0.2) is 0 Å². The van der Waals surface area contributed by atoms with E-state index >= 15 is 0 Å². The number of hydrogen-bond acceptors (Lipinski definition) is 6. The molecule has 148 valence electrons. The summed E-state index contributed by atoms with van der Waals surface area (Å²) in [5, 5.41) is 6.81. The number of anilines is 1. The molecule has 0 spiro atoms. The molecule has 1 aliphatic heterocycles. The third-order valence-electron chi connectivity index (χ3n) is 4.55. The number of ether oxygens (including phenoxy) is 1. The Morgan fingerprint density at radius 3 is 2.83 bits per heavy atom. The van der Waals surface area contributed by atoms with E-state index in [1.54, 1.807) is 42.2 Å². The van der Waals surface area contributed by atoms with Crippen LogP contribution >= 0.6 is 0 Å². The van der Waals surface area contributed by atoms with Crippen LogP contribution in [0, 0.1) is 6.92 Å². The van der Waals surface area contributed by atoms with Gasteiger partial charge in [0.05, 0.1) is 17.6 Å². The Labute approximate surface area is 167 Å². The van der Waals surface area contributed by atoms with E-state index in [1.807, 2.05) is 19.3 Å². The first-order valence-corrected chi connectivity index (χ1v) is 9.21. The molecule has 0 atom stereocenters. The van der Waals surface area contributed by atoms with Crippen molar-refractivity contribution in [3.63, 3.8) is 0 Å². The number of imide groups is 1. The first-order valence-electron chi connectivity index (χ1n) is 9.21. The Kier molecular flexibility index (Phi) is 4.94. The Morgan fingerprint density at radius 2 is 2.14 bits per heavy atom. The van der Waals surface area contributed by atoms with Crippen LogP contribution in [0.2, 0.25) is 0 Å². The van der Waals surface area contributed by atoms with Gasteiger partial charge >= 0.3 is 6.03 Å². The average Bonchev–Trinajstić information content (AvgIpc) is 3.32. The minimum absolute atomic E-state index is 0.165. The van der Waals surface area contributed by atoms with E-state index in [0.29, 0.717) is 42.4 Å². The second kappa shape index (κ2) is 7.70. The molecule has 4 heterocycles. The van der Waals surface area contributed by atoms with Gasteiger partial charge in [-0.05, 0) is 31.5 Å². The van der Waals surface area contributed by atoms with Crippen molar-refractivity contribution in [2.45, 2.75) is 19.8 Å². The van der Waals surface area contributed by atoms with Crippen molar-refractivity contribution in [2.75, 3.05) is 11.9 Å². The maximum Gasteiger partial charge on any atom is 0.329 e. The SMILES string of the molecule is Cc1nc(NC(=O)N2CCCC2=O)ccc1Oc1ccnc(-c2cnn(C)c2)c1. The third kappa shape index (κ3) is 4.08. The van der Waals surface area contributed by atoms with Gasteiger partial charge in [-0.25, -0.2) is 9.78 Å². The van der Waals surface area contributed by atoms with E-state index in [4.69, 9.17) is 4.74 Å². The number of carbonyl (C=O) groups is 2. The number of carbonyl (C=O) groups excluding carboxylic acids is 2. The third-order valence-corrected chi connectivity index (χ3v) is 4.55. The number of likely N-dealkylation sites (tertiary alicyclic amines) is 1. The van der Waals surface area contributed by atoms with Crippen molar-refractivity contribution in [1.29, 1.82) is 0 Å². The molecule has 1 fully saturated rings. The second-order valence-electron chi connectivity index (χ2n) is 6.74. The monoisotopic (exact) mass is 392 g/mol. The zero-order valence-electron chi connectivity index (χ0n) is 16.1. The Balaban J connectivity index is 1.47. The van der Waals surface area contributed by atoms with Crippen molar-refractivity contribution >= 4 is 17.8 Å². The molecule has 1 aliphatic rings. The number of amides is 3. The van der Waals surface area contributed by atoms with Gasteiger partial charge in [-0.2, -0.15) is 5.10 Å². The van der Waals surface area contributed by atoms with Gasteiger partial charge in [-0.15, -0.1) is 0 Å². The van der Waals surface area contributed by atoms with Gasteiger partial charge in [-0.1, -0.05) is 0 Å². The maximum atomic E-state index is 12.2. The Morgan fingerprint density at radius 1 is 1.28 bits per heavy atom. The quantitative estimate of drug-likeness (QED) is 0.732. The molecule has 3 aromatic rings. The number of nitrogens with one attached hydrogen (secondary N) is 1. The van der Waals surface area contributed by atoms with Crippen LogP contribution in [0.25, 0.3) is 11.3 Å². The highest BCUT2D eigenvalue weighted by atomic mass is 16.5. The molecule has 0 aliphatic carbocycles. The van der Waals surface area contributed by atoms with Crippen LogP contribution < -0.4 is 10.1 Å². The van der Waals surface area contributed by atoms with Crippen LogP contribution in [0.4, 0.5) is 10.6 Å². The molecule has 29 heavy (non-hydrogen) atoms. The molecule has 0 radical (unpaired) electrons. The minimum atomic E-state index is -0.455. The summed E-state index contributed by atoms with van der Waals surface area (Å²) in [5.41, 5.74) is 2.25. The van der Waals surface area contributed by atoms with Gasteiger partial charge in [0, 0.05) is 44.0 Å². The highest BCUT2D eigenvalue weighted by Gasteiger charge is 2.26. The van der Waals surface area contributed by atoms with Crippen LogP contribution in [-0.4, -0.2) is 43.1 Å². The average molecular weight is 392 g/mol. The fourth-order valence-electron chi connectivity index (χ4n) is 3.08. The molecule has 9 nitrogen and oxygen atoms in total. The van der Waals surface area contributed by atoms with Gasteiger partial charge in [0.2, 0.25) is 5.91 Å². The van der Waals surface area contributed by atoms with E-state index in [9.17, 15) is 9.59 Å². The minimum Gasteiger partial charge on any atom is -0.455 e. The smallest absolute Gasteiger partial charge is 0.329 e. The van der Waals surface area contributed by atoms with Crippen LogP contribution in [-0.2, 0) is 11.8 Å². The highest BCUT2D eigenvalue weighted by Crippen LogP contribution is 2.28. The van der Waals surface area contributed by atoms with Crippen molar-refractivity contribution in [2.24, 2.45) is 7.05 Å². The lowest BCUT2D eigenvalue weighted by atomic mass is 10.2. The number of urea groups is 1. The van der Waals surface area contributed by atoms with Crippen LogP contribution in [0.15, 0.2) is 42.9 Å². The summed E-state index contributed by atoms with van der Waals surface area (Å²) in [6.07, 6.45) is 6.38. The van der Waals surface area contributed by atoms with Crippen molar-refractivity contribution in [1.82, 2.24) is 24.6 Å². The molecular weight excluding hydrogens is 372 g/mol. The summed E-state index contributed by atoms with van der Waals surface area (Å²) in [4.78, 5) is 33.8. The lowest BCUT2D eigenvalue weighted by molar-refractivity contribution is -0.125. The highest BCUT2D eigenvalue weighted by molar-refractivity contribution is 6.01. The summed E-state index contributed by atoms with van der Waals surface area (Å²) in [6, 6.07) is 6.50. The fourth-order valence-corrected chi connectivity index (χ4v) is 3.08. The van der Waals surface area contributed by atoms with Gasteiger partial charge in [-0.3, -0.25) is 24.7 Å². The topological polar surface area (TPSA) is 102 Å². The van der Waals surface area contributed by atoms with E-state index in [-0.39, 0.29) is 5.91 Å². The molecule has 1 N–H and O–H groups in total. The summed E-state index contributed by atoms with van der Waals surface area (Å²) < 4.78 is 7.66. The summed E-state index contributed by atoms with van der Waals surface area (Å²) >= 11 is 0. The standard InChI is InChI=1S/C20H20N6O3/c1-13-17(5-6-18(23-13)24-20(28)26-9-3-4-19(26)27)29-15-7-8-21-16(10-15)14-11-22-25(2)12-14/h5-8,10-12H,3-4,9H2,1-2H3,(H,23,24,28). The Hall–Kier alpha value is -3.75. The molecule has 0 unspecified atom stereocenters. The van der Waals surface area contributed by atoms with Gasteiger partial charge in [0.1, 0.15) is 17.3 Å². The molecule has 3 aromatic heterocycles. The summed E-state index contributed by atoms with van der Waals surface area (Å²) in [6.45, 7) is 2.22. The molecule has 0 bridgehead atoms. The Bertz CT molecular complexity index is 1080. The number of aromatic nitrogens is 4. The second-order valence-corrected chi connectivity index (χ2v) is 6.74. The summed E-state index contributed by atoms with van der Waals surface area (Å²) in [5.74, 6) is 1.37. The van der Waals surface area contributed by atoms with Crippen LogP contribution in [0.3, 0.4) is 0 Å². The number of aryl methyl sites for hydroxylation is 2. The first kappa shape index (κ1) is 18.6. The van der Waals surface area contributed by atoms with E-state index in [1.165, 1.54) is 4.90 Å². The lowest BCUT2D eigenvalue weighted by Crippen LogP contribution is -2.35. The van der Waals surface area contributed by atoms with Crippen molar-refractivity contribution in [3.8, 4) is 22.8 Å². The molecular formula is C20H20N6O3. The predicted molar refractivity (Wildman–Crippen MR) is 105 cm³/mol. The van der Waals surface area contributed by atoms with E-state index in [2.05, 4.69) is 20.4 Å². The molecule has 9 heteroatoms. The first-order chi connectivity index (χ1) is 14.0. The van der Waals surface area contributed by atoms with Crippen molar-refractivity contribution < 1.29 is 14.3 Å². The predicted octanol–water partition coefficient (Wildman–Crippen LogP) is 3.13. The van der Waals surface area contributed by atoms with Crippen molar-refractivity contribution in [3.05, 3.63) is 48.5 Å². The lowest BCUT2D eigenvalue weighted by Gasteiger charge is -2.15. The largest absolute Gasteiger partial charge is 0.455 e. The van der Waals surface area contributed by atoms with Crippen LogP contribution in [0.5, 0.6) is 11.5 Å². The van der Waals surface area contributed by atoms with Crippen LogP contribution in [0.1, 0.15) is 18.5 Å². The zero-order chi connectivity index (χ0) is 20.4. The normalized spacial score (nSPS) is 13.6. The molecule has 4 rings (SSSR count). The number of nitrogens with zero attached hydrogens (tertiary/aromatic N) is 5. The van der Waals surface area contributed by atoms with E-state index < -0.39 is 6.03 Å². The number of hydrogen-bond donors (Lipinski definition) is 1. The molecule has 1 saturated heterocycles. The fraction of sp³-hybridized carbons (Fsp3) is 0.250. The zero-order valence-corrected chi connectivity index (χ0v) is 16.1. The summed E-state index contributed by atoms with van der Waals surface area (Å²) in [7, 11) is 1.85. The number of pyridine rings is 2. The van der Waals surface area contributed by atoms with Gasteiger partial charge < -0.3 is 4.74 Å². The molecule has 0 aromatic carbocycles.